The molecule has 1 atom stereocenters. The van der Waals surface area contributed by atoms with Crippen molar-refractivity contribution >= 4 is 5.91 Å². The van der Waals surface area contributed by atoms with Crippen LogP contribution < -0.4 is 15.8 Å². The summed E-state index contributed by atoms with van der Waals surface area (Å²) in [7, 11) is 1.64. The summed E-state index contributed by atoms with van der Waals surface area (Å²) in [5.74, 6) is 1.34. The summed E-state index contributed by atoms with van der Waals surface area (Å²) in [5.41, 5.74) is 7.09. The molecule has 0 spiro atoms. The molecule has 1 aliphatic rings. The van der Waals surface area contributed by atoms with E-state index in [0.717, 1.165) is 17.9 Å². The first-order valence-electron chi connectivity index (χ1n) is 7.66. The molecular weight excluding hydrogens is 294 g/mol. The van der Waals surface area contributed by atoms with Crippen LogP contribution in [0, 0.1) is 0 Å². The number of hydrogen-bond acceptors (Lipinski definition) is 5. The molecule has 23 heavy (non-hydrogen) atoms. The van der Waals surface area contributed by atoms with Gasteiger partial charge in [0.1, 0.15) is 17.8 Å². The minimum atomic E-state index is -0.0800. The van der Waals surface area contributed by atoms with Gasteiger partial charge in [0.2, 0.25) is 0 Å². The Morgan fingerprint density at radius 2 is 2.30 bits per heavy atom. The molecule has 3 rings (SSSR count). The summed E-state index contributed by atoms with van der Waals surface area (Å²) < 4.78 is 10.8. The van der Waals surface area contributed by atoms with Crippen LogP contribution in [0.15, 0.2) is 41.0 Å². The van der Waals surface area contributed by atoms with E-state index in [1.807, 2.05) is 29.2 Å². The molecule has 122 valence electrons. The first-order valence-corrected chi connectivity index (χ1v) is 7.66. The minimum Gasteiger partial charge on any atom is -0.496 e. The first kappa shape index (κ1) is 15.6. The van der Waals surface area contributed by atoms with Gasteiger partial charge in [0.05, 0.1) is 25.3 Å². The third-order valence-corrected chi connectivity index (χ3v) is 4.10. The summed E-state index contributed by atoms with van der Waals surface area (Å²) in [6, 6.07) is 9.43. The molecule has 3 N–H and O–H groups in total. The molecule has 0 saturated carbocycles. The van der Waals surface area contributed by atoms with Crippen molar-refractivity contribution in [2.75, 3.05) is 26.7 Å². The normalized spacial score (nSPS) is 18.0. The van der Waals surface area contributed by atoms with Crippen LogP contribution >= 0.6 is 0 Å². The summed E-state index contributed by atoms with van der Waals surface area (Å²) in [5, 5.41) is 3.34. The molecule has 0 radical (unpaired) electrons. The number of benzene rings is 1. The summed E-state index contributed by atoms with van der Waals surface area (Å²) in [4.78, 5) is 14.7. The second kappa shape index (κ2) is 6.85. The van der Waals surface area contributed by atoms with Gasteiger partial charge in [0, 0.05) is 25.2 Å². The third kappa shape index (κ3) is 3.09. The number of nitrogens with zero attached hydrogens (tertiary/aromatic N) is 1. The average molecular weight is 315 g/mol. The highest BCUT2D eigenvalue weighted by Crippen LogP contribution is 2.31. The van der Waals surface area contributed by atoms with Crippen LogP contribution in [-0.4, -0.2) is 37.6 Å². The molecular formula is C17H21N3O3. The molecule has 1 aliphatic heterocycles. The maximum absolute atomic E-state index is 12.9. The van der Waals surface area contributed by atoms with Crippen molar-refractivity contribution < 1.29 is 13.9 Å². The highest BCUT2D eigenvalue weighted by molar-refractivity contribution is 5.94. The van der Waals surface area contributed by atoms with Crippen LogP contribution in [0.1, 0.15) is 27.7 Å². The molecule has 1 fully saturated rings. The number of nitrogens with one attached hydrogen (secondary N) is 1. The van der Waals surface area contributed by atoms with Crippen LogP contribution in [0.25, 0.3) is 0 Å². The molecule has 1 aromatic heterocycles. The zero-order valence-corrected chi connectivity index (χ0v) is 13.1. The lowest BCUT2D eigenvalue weighted by Crippen LogP contribution is -2.48. The number of piperazine rings is 1. The Morgan fingerprint density at radius 1 is 1.48 bits per heavy atom. The van der Waals surface area contributed by atoms with Gasteiger partial charge < -0.3 is 25.1 Å². The zero-order chi connectivity index (χ0) is 16.2. The lowest BCUT2D eigenvalue weighted by molar-refractivity contribution is 0.0631. The second-order valence-corrected chi connectivity index (χ2v) is 5.47. The van der Waals surface area contributed by atoms with E-state index in [2.05, 4.69) is 5.32 Å². The Labute approximate surface area is 135 Å². The standard InChI is InChI=1S/C17H21N3O3/c1-22-16-5-3-2-4-14(16)15-10-19-6-7-20(15)17(21)12-8-13(9-18)23-11-12/h2-5,8,11,15,19H,6-7,9-10,18H2,1H3. The third-order valence-electron chi connectivity index (χ3n) is 4.10. The van der Waals surface area contributed by atoms with Gasteiger partial charge in [0.15, 0.2) is 0 Å². The van der Waals surface area contributed by atoms with Gasteiger partial charge in [-0.2, -0.15) is 0 Å². The SMILES string of the molecule is COc1ccccc1C1CNCCN1C(=O)c1coc(CN)c1. The van der Waals surface area contributed by atoms with E-state index in [-0.39, 0.29) is 18.5 Å². The maximum atomic E-state index is 12.9. The van der Waals surface area contributed by atoms with E-state index in [0.29, 0.717) is 24.4 Å². The van der Waals surface area contributed by atoms with Crippen molar-refractivity contribution in [3.8, 4) is 5.75 Å². The molecule has 1 saturated heterocycles. The van der Waals surface area contributed by atoms with Crippen LogP contribution in [0.5, 0.6) is 5.75 Å². The number of rotatable bonds is 4. The molecule has 0 aliphatic carbocycles. The molecule has 1 aromatic carbocycles. The monoisotopic (exact) mass is 315 g/mol. The van der Waals surface area contributed by atoms with Gasteiger partial charge in [-0.3, -0.25) is 4.79 Å². The van der Waals surface area contributed by atoms with Gasteiger partial charge >= 0.3 is 0 Å². The van der Waals surface area contributed by atoms with Crippen LogP contribution in [0.3, 0.4) is 0 Å². The fraction of sp³-hybridized carbons (Fsp3) is 0.353. The number of ether oxygens (including phenoxy) is 1. The van der Waals surface area contributed by atoms with Gasteiger partial charge in [-0.1, -0.05) is 18.2 Å². The average Bonchev–Trinajstić information content (AvgIpc) is 3.10. The predicted octanol–water partition coefficient (Wildman–Crippen LogP) is 1.53. The number of hydrogen-bond donors (Lipinski definition) is 2. The molecule has 1 unspecified atom stereocenters. The van der Waals surface area contributed by atoms with Crippen molar-refractivity contribution in [3.63, 3.8) is 0 Å². The van der Waals surface area contributed by atoms with E-state index in [1.54, 1.807) is 13.2 Å². The topological polar surface area (TPSA) is 80.7 Å². The number of methoxy groups -OCH3 is 1. The fourth-order valence-electron chi connectivity index (χ4n) is 2.93. The Balaban J connectivity index is 1.90. The molecule has 2 aromatic rings. The van der Waals surface area contributed by atoms with Crippen molar-refractivity contribution in [1.82, 2.24) is 10.2 Å². The van der Waals surface area contributed by atoms with Crippen molar-refractivity contribution in [2.24, 2.45) is 5.73 Å². The van der Waals surface area contributed by atoms with Crippen molar-refractivity contribution in [2.45, 2.75) is 12.6 Å². The fourth-order valence-corrected chi connectivity index (χ4v) is 2.93. The lowest BCUT2D eigenvalue weighted by Gasteiger charge is -2.36. The van der Waals surface area contributed by atoms with E-state index in [1.165, 1.54) is 6.26 Å². The Bertz CT molecular complexity index is 683. The van der Waals surface area contributed by atoms with Crippen molar-refractivity contribution in [1.29, 1.82) is 0 Å². The second-order valence-electron chi connectivity index (χ2n) is 5.47. The Kier molecular flexibility index (Phi) is 4.64. The lowest BCUT2D eigenvalue weighted by atomic mass is 10.0. The maximum Gasteiger partial charge on any atom is 0.257 e. The van der Waals surface area contributed by atoms with Gasteiger partial charge in [0.25, 0.3) is 5.91 Å². The van der Waals surface area contributed by atoms with E-state index < -0.39 is 0 Å². The highest BCUT2D eigenvalue weighted by Gasteiger charge is 2.31. The first-order chi connectivity index (χ1) is 11.2. The number of carbonyl (C=O) groups excluding carboxylic acids is 1. The Morgan fingerprint density at radius 3 is 3.04 bits per heavy atom. The van der Waals surface area contributed by atoms with Crippen molar-refractivity contribution in [3.05, 3.63) is 53.5 Å². The van der Waals surface area contributed by atoms with Crippen LogP contribution in [0.2, 0.25) is 0 Å². The molecule has 1 amide bonds. The number of carbonyl (C=O) groups is 1. The molecule has 0 bridgehead atoms. The minimum absolute atomic E-state index is 0.0501. The van der Waals surface area contributed by atoms with E-state index >= 15 is 0 Å². The number of para-hydroxylation sites is 1. The van der Waals surface area contributed by atoms with Gasteiger partial charge in [-0.25, -0.2) is 0 Å². The van der Waals surface area contributed by atoms with Gasteiger partial charge in [-0.05, 0) is 12.1 Å². The van der Waals surface area contributed by atoms with Gasteiger partial charge in [-0.15, -0.1) is 0 Å². The highest BCUT2D eigenvalue weighted by atomic mass is 16.5. The largest absolute Gasteiger partial charge is 0.496 e. The van der Waals surface area contributed by atoms with E-state index in [9.17, 15) is 4.79 Å². The smallest absolute Gasteiger partial charge is 0.257 e. The van der Waals surface area contributed by atoms with E-state index in [4.69, 9.17) is 14.9 Å². The van der Waals surface area contributed by atoms with Crippen LogP contribution in [-0.2, 0) is 6.54 Å². The number of nitrogens with two attached hydrogens (primary N) is 1. The number of furan rings is 1. The molecule has 6 heteroatoms. The quantitative estimate of drug-likeness (QED) is 0.894. The molecule has 2 heterocycles. The summed E-state index contributed by atoms with van der Waals surface area (Å²) in [6.45, 7) is 2.36. The summed E-state index contributed by atoms with van der Waals surface area (Å²) in [6.07, 6.45) is 1.48. The molecule has 6 nitrogen and oxygen atoms in total. The predicted molar refractivity (Wildman–Crippen MR) is 86.2 cm³/mol. The number of amides is 1. The van der Waals surface area contributed by atoms with Crippen LogP contribution in [0.4, 0.5) is 0 Å². The Hall–Kier alpha value is -2.31. The zero-order valence-electron chi connectivity index (χ0n) is 13.1. The summed E-state index contributed by atoms with van der Waals surface area (Å²) >= 11 is 0.